The Morgan fingerprint density at radius 2 is 1.59 bits per heavy atom. The van der Waals surface area contributed by atoms with Gasteiger partial charge in [-0.15, -0.1) is 0 Å². The number of rotatable bonds is 4. The average Bonchev–Trinajstić information content (AvgIpc) is 2.94. The molecule has 0 aromatic heterocycles. The van der Waals surface area contributed by atoms with Crippen molar-refractivity contribution in [2.24, 2.45) is 0 Å². The minimum absolute atomic E-state index is 0.146. The molecule has 0 spiro atoms. The van der Waals surface area contributed by atoms with Crippen LogP contribution in [-0.4, -0.2) is 43.8 Å². The lowest BCUT2D eigenvalue weighted by molar-refractivity contribution is -0.137. The number of halogens is 3. The van der Waals surface area contributed by atoms with Gasteiger partial charge >= 0.3 is 6.18 Å². The lowest BCUT2D eigenvalue weighted by atomic mass is 10.1. The average molecular weight is 423 g/mol. The Balaban J connectivity index is 1.64. The third-order valence-electron chi connectivity index (χ3n) is 4.86. The minimum atomic E-state index is -4.36. The zero-order chi connectivity index (χ0) is 21.1. The van der Waals surface area contributed by atoms with Gasteiger partial charge < -0.3 is 0 Å². The summed E-state index contributed by atoms with van der Waals surface area (Å²) in [6, 6.07) is 12.8. The molecule has 0 bridgehead atoms. The predicted molar refractivity (Wildman–Crippen MR) is 101 cm³/mol. The highest BCUT2D eigenvalue weighted by Crippen LogP contribution is 2.29. The molecule has 29 heavy (non-hydrogen) atoms. The van der Waals surface area contributed by atoms with Gasteiger partial charge in [0, 0.05) is 26.2 Å². The van der Waals surface area contributed by atoms with Crippen LogP contribution in [0.15, 0.2) is 53.4 Å². The highest BCUT2D eigenvalue weighted by Gasteiger charge is 2.30. The molecule has 0 aliphatic carbocycles. The van der Waals surface area contributed by atoms with Crippen molar-refractivity contribution in [3.63, 3.8) is 0 Å². The molecule has 1 fully saturated rings. The lowest BCUT2D eigenvalue weighted by Crippen LogP contribution is -2.35. The van der Waals surface area contributed by atoms with E-state index in [1.807, 2.05) is 11.0 Å². The molecule has 1 saturated heterocycles. The van der Waals surface area contributed by atoms with E-state index in [-0.39, 0.29) is 4.90 Å². The Kier molecular flexibility index (Phi) is 6.27. The van der Waals surface area contributed by atoms with E-state index in [2.05, 4.69) is 0 Å². The van der Waals surface area contributed by atoms with E-state index >= 15 is 0 Å². The van der Waals surface area contributed by atoms with E-state index in [0.717, 1.165) is 17.7 Å². The highest BCUT2D eigenvalue weighted by atomic mass is 32.2. The van der Waals surface area contributed by atoms with Crippen molar-refractivity contribution in [3.05, 3.63) is 65.2 Å². The fourth-order valence-corrected chi connectivity index (χ4v) is 4.72. The van der Waals surface area contributed by atoms with E-state index in [0.29, 0.717) is 44.7 Å². The van der Waals surface area contributed by atoms with Crippen molar-refractivity contribution < 1.29 is 21.6 Å². The van der Waals surface area contributed by atoms with Crippen LogP contribution in [0.2, 0.25) is 0 Å². The first-order chi connectivity index (χ1) is 13.7. The van der Waals surface area contributed by atoms with E-state index in [1.54, 1.807) is 0 Å². The summed E-state index contributed by atoms with van der Waals surface area (Å²) in [5.41, 5.74) is 0.459. The largest absolute Gasteiger partial charge is 0.416 e. The maximum absolute atomic E-state index is 12.9. The van der Waals surface area contributed by atoms with Crippen LogP contribution in [-0.2, 0) is 22.7 Å². The van der Waals surface area contributed by atoms with Gasteiger partial charge in [-0.2, -0.15) is 22.7 Å². The molecule has 0 N–H and O–H groups in total. The molecule has 154 valence electrons. The second-order valence-corrected chi connectivity index (χ2v) is 8.80. The number of nitrogens with zero attached hydrogens (tertiary/aromatic N) is 3. The predicted octanol–water partition coefficient (Wildman–Crippen LogP) is 3.47. The zero-order valence-electron chi connectivity index (χ0n) is 15.6. The van der Waals surface area contributed by atoms with Gasteiger partial charge in [0.2, 0.25) is 10.0 Å². The summed E-state index contributed by atoms with van der Waals surface area (Å²) in [4.78, 5) is 2.18. The Labute approximate surface area is 168 Å². The van der Waals surface area contributed by atoms with Gasteiger partial charge in [0.15, 0.2) is 0 Å². The molecule has 1 heterocycles. The molecule has 2 aromatic rings. The number of hydrogen-bond acceptors (Lipinski definition) is 4. The summed E-state index contributed by atoms with van der Waals surface area (Å²) in [5.74, 6) is 0. The van der Waals surface area contributed by atoms with Crippen LogP contribution in [0.3, 0.4) is 0 Å². The number of hydrogen-bond donors (Lipinski definition) is 0. The fourth-order valence-electron chi connectivity index (χ4n) is 3.25. The second-order valence-electron chi connectivity index (χ2n) is 6.86. The molecule has 9 heteroatoms. The first kappa shape index (κ1) is 21.3. The molecule has 0 atom stereocenters. The van der Waals surface area contributed by atoms with Gasteiger partial charge in [0.05, 0.1) is 22.1 Å². The van der Waals surface area contributed by atoms with Crippen molar-refractivity contribution in [2.45, 2.75) is 24.0 Å². The molecule has 0 amide bonds. The Bertz CT molecular complexity index is 982. The topological polar surface area (TPSA) is 64.4 Å². The molecular weight excluding hydrogens is 403 g/mol. The van der Waals surface area contributed by atoms with Crippen molar-refractivity contribution in [3.8, 4) is 6.07 Å². The van der Waals surface area contributed by atoms with Crippen LogP contribution >= 0.6 is 0 Å². The fraction of sp³-hybridized carbons (Fsp3) is 0.350. The monoisotopic (exact) mass is 423 g/mol. The van der Waals surface area contributed by atoms with Gasteiger partial charge in [-0.3, -0.25) is 4.90 Å². The maximum atomic E-state index is 12.9. The van der Waals surface area contributed by atoms with Crippen LogP contribution in [0.5, 0.6) is 0 Å². The highest BCUT2D eigenvalue weighted by molar-refractivity contribution is 7.89. The van der Waals surface area contributed by atoms with E-state index in [4.69, 9.17) is 5.26 Å². The number of alkyl halides is 3. The summed E-state index contributed by atoms with van der Waals surface area (Å²) in [6.07, 6.45) is -3.74. The van der Waals surface area contributed by atoms with Crippen LogP contribution in [0.4, 0.5) is 13.2 Å². The number of benzene rings is 2. The molecule has 3 rings (SSSR count). The molecule has 1 aliphatic rings. The minimum Gasteiger partial charge on any atom is -0.298 e. The summed E-state index contributed by atoms with van der Waals surface area (Å²) in [7, 11) is -3.66. The summed E-state index contributed by atoms with van der Waals surface area (Å²) >= 11 is 0. The Hall–Kier alpha value is -2.41. The molecule has 1 aliphatic heterocycles. The second kappa shape index (κ2) is 8.53. The normalized spacial score (nSPS) is 16.9. The molecule has 0 saturated carbocycles. The maximum Gasteiger partial charge on any atom is 0.416 e. The first-order valence-corrected chi connectivity index (χ1v) is 10.5. The van der Waals surface area contributed by atoms with Gasteiger partial charge in [0.1, 0.15) is 0 Å². The number of sulfonamides is 1. The summed E-state index contributed by atoms with van der Waals surface area (Å²) in [5, 5.41) is 8.85. The van der Waals surface area contributed by atoms with Crippen LogP contribution in [0.1, 0.15) is 23.1 Å². The van der Waals surface area contributed by atoms with Gasteiger partial charge in [0.25, 0.3) is 0 Å². The molecule has 0 unspecified atom stereocenters. The molecular formula is C20H20F3N3O2S. The van der Waals surface area contributed by atoms with Crippen molar-refractivity contribution >= 4 is 10.0 Å². The van der Waals surface area contributed by atoms with Gasteiger partial charge in [-0.25, -0.2) is 8.42 Å². The van der Waals surface area contributed by atoms with Crippen molar-refractivity contribution in [2.75, 3.05) is 26.2 Å². The van der Waals surface area contributed by atoms with E-state index < -0.39 is 21.8 Å². The lowest BCUT2D eigenvalue weighted by Gasteiger charge is -2.22. The Morgan fingerprint density at radius 1 is 0.931 bits per heavy atom. The zero-order valence-corrected chi connectivity index (χ0v) is 16.4. The summed E-state index contributed by atoms with van der Waals surface area (Å²) < 4.78 is 65.2. The summed E-state index contributed by atoms with van der Waals surface area (Å²) in [6.45, 7) is 2.26. The molecule has 5 nitrogen and oxygen atoms in total. The first-order valence-electron chi connectivity index (χ1n) is 9.09. The van der Waals surface area contributed by atoms with Crippen LogP contribution in [0.25, 0.3) is 0 Å². The molecule has 0 radical (unpaired) electrons. The van der Waals surface area contributed by atoms with Crippen molar-refractivity contribution in [1.82, 2.24) is 9.21 Å². The number of nitriles is 1. The van der Waals surface area contributed by atoms with Crippen LogP contribution in [0, 0.1) is 11.3 Å². The van der Waals surface area contributed by atoms with Crippen LogP contribution < -0.4 is 0 Å². The van der Waals surface area contributed by atoms with Crippen molar-refractivity contribution in [1.29, 1.82) is 5.26 Å². The van der Waals surface area contributed by atoms with E-state index in [9.17, 15) is 21.6 Å². The Morgan fingerprint density at radius 3 is 2.17 bits per heavy atom. The standard InChI is InChI=1S/C20H20F3N3O2S/c21-20(22,23)18-6-2-17(3-7-18)15-25-10-1-11-26(13-12-25)29(27,28)19-8-4-16(14-24)5-9-19/h2-9H,1,10-13,15H2. The SMILES string of the molecule is N#Cc1ccc(S(=O)(=O)N2CCCN(Cc3ccc(C(F)(F)F)cc3)CC2)cc1. The van der Waals surface area contributed by atoms with Gasteiger partial charge in [-0.05, 0) is 54.9 Å². The third-order valence-corrected chi connectivity index (χ3v) is 6.77. The quantitative estimate of drug-likeness (QED) is 0.756. The third kappa shape index (κ3) is 5.15. The van der Waals surface area contributed by atoms with E-state index in [1.165, 1.54) is 40.7 Å². The van der Waals surface area contributed by atoms with Gasteiger partial charge in [-0.1, -0.05) is 12.1 Å². The molecule has 2 aromatic carbocycles. The smallest absolute Gasteiger partial charge is 0.298 e.